The van der Waals surface area contributed by atoms with E-state index in [4.69, 9.17) is 4.74 Å². The zero-order valence-corrected chi connectivity index (χ0v) is 15.1. The molecule has 27 heavy (non-hydrogen) atoms. The van der Waals surface area contributed by atoms with Crippen LogP contribution in [-0.2, 0) is 20.9 Å². The van der Waals surface area contributed by atoms with Gasteiger partial charge in [0.1, 0.15) is 12.3 Å². The van der Waals surface area contributed by atoms with Crippen molar-refractivity contribution in [2.45, 2.75) is 25.4 Å². The number of carbonyl (C=O) groups is 4. The van der Waals surface area contributed by atoms with Gasteiger partial charge in [0.15, 0.2) is 0 Å². The van der Waals surface area contributed by atoms with Gasteiger partial charge in [-0.3, -0.25) is 19.3 Å². The van der Waals surface area contributed by atoms with Crippen molar-refractivity contribution in [3.05, 3.63) is 42.5 Å². The van der Waals surface area contributed by atoms with E-state index in [1.54, 1.807) is 12.0 Å². The van der Waals surface area contributed by atoms with Gasteiger partial charge in [0.25, 0.3) is 0 Å². The highest BCUT2D eigenvalue weighted by Gasteiger charge is 2.45. The normalized spacial score (nSPS) is 16.7. The third-order valence-electron chi connectivity index (χ3n) is 4.56. The van der Waals surface area contributed by atoms with Crippen LogP contribution in [0, 0.1) is 0 Å². The smallest absolute Gasteiger partial charge is 0.335 e. The lowest BCUT2D eigenvalue weighted by atomic mass is 10.2. The van der Waals surface area contributed by atoms with Crippen molar-refractivity contribution in [2.75, 3.05) is 20.2 Å². The lowest BCUT2D eigenvalue weighted by molar-refractivity contribution is -0.145. The molecule has 0 unspecified atom stereocenters. The molecule has 0 bridgehead atoms. The van der Waals surface area contributed by atoms with Crippen molar-refractivity contribution in [3.8, 4) is 5.75 Å². The summed E-state index contributed by atoms with van der Waals surface area (Å²) in [4.78, 5) is 52.2. The first-order chi connectivity index (χ1) is 13.0. The fourth-order valence-electron chi connectivity index (χ4n) is 2.94. The molecule has 1 aromatic rings. The summed E-state index contributed by atoms with van der Waals surface area (Å²) in [7, 11) is 1.58. The Hall–Kier alpha value is -3.16. The summed E-state index contributed by atoms with van der Waals surface area (Å²) >= 11 is 0. The van der Waals surface area contributed by atoms with Gasteiger partial charge in [0.05, 0.1) is 7.11 Å². The van der Waals surface area contributed by atoms with Gasteiger partial charge in [-0.15, -0.1) is 6.58 Å². The highest BCUT2D eigenvalue weighted by Crippen LogP contribution is 2.29. The van der Waals surface area contributed by atoms with Crippen LogP contribution in [0.5, 0.6) is 5.75 Å². The summed E-state index contributed by atoms with van der Waals surface area (Å²) in [6.45, 7) is 3.33. The summed E-state index contributed by atoms with van der Waals surface area (Å²) in [6, 6.07) is 6.66. The van der Waals surface area contributed by atoms with Crippen LogP contribution in [0.25, 0.3) is 0 Å². The molecule has 2 aliphatic rings. The number of methoxy groups -OCH3 is 1. The summed E-state index contributed by atoms with van der Waals surface area (Å²) in [5, 5.41) is 0. The van der Waals surface area contributed by atoms with Gasteiger partial charge >= 0.3 is 17.8 Å². The molecule has 142 valence electrons. The quantitative estimate of drug-likeness (QED) is 0.389. The van der Waals surface area contributed by atoms with E-state index in [0.717, 1.165) is 29.1 Å². The number of rotatable bonds is 8. The Kier molecular flexibility index (Phi) is 5.25. The van der Waals surface area contributed by atoms with Crippen LogP contribution in [0.2, 0.25) is 0 Å². The molecule has 5 amide bonds. The number of ether oxygens (including phenoxy) is 1. The molecule has 8 nitrogen and oxygen atoms in total. The topological polar surface area (TPSA) is 87.2 Å². The largest absolute Gasteiger partial charge is 0.497 e. The van der Waals surface area contributed by atoms with Gasteiger partial charge < -0.3 is 9.64 Å². The van der Waals surface area contributed by atoms with Gasteiger partial charge in [-0.05, 0) is 30.5 Å². The number of carbonyl (C=O) groups excluding carboxylic acids is 4. The van der Waals surface area contributed by atoms with E-state index >= 15 is 0 Å². The van der Waals surface area contributed by atoms with Crippen LogP contribution in [0.15, 0.2) is 36.9 Å². The maximum atomic E-state index is 12.8. The zero-order chi connectivity index (χ0) is 19.6. The second-order valence-electron chi connectivity index (χ2n) is 6.48. The number of urea groups is 1. The summed E-state index contributed by atoms with van der Waals surface area (Å²) in [5.41, 5.74) is 0.916. The Bertz CT molecular complexity index is 785. The van der Waals surface area contributed by atoms with Gasteiger partial charge in [0.2, 0.25) is 5.91 Å². The predicted octanol–water partition coefficient (Wildman–Crippen LogP) is 1.16. The minimum atomic E-state index is -0.976. The van der Waals surface area contributed by atoms with Gasteiger partial charge in [-0.2, -0.15) is 0 Å². The number of hydrogen-bond donors (Lipinski definition) is 0. The molecule has 1 aliphatic heterocycles. The van der Waals surface area contributed by atoms with Crippen molar-refractivity contribution in [1.82, 2.24) is 14.7 Å². The lowest BCUT2D eigenvalue weighted by Crippen LogP contribution is -2.44. The highest BCUT2D eigenvalue weighted by molar-refractivity contribution is 6.45. The molecular weight excluding hydrogens is 350 g/mol. The van der Waals surface area contributed by atoms with E-state index in [2.05, 4.69) is 6.58 Å². The second-order valence-corrected chi connectivity index (χ2v) is 6.48. The first-order valence-corrected chi connectivity index (χ1v) is 8.67. The molecule has 2 fully saturated rings. The maximum absolute atomic E-state index is 12.8. The Balaban J connectivity index is 1.70. The van der Waals surface area contributed by atoms with Crippen molar-refractivity contribution in [3.63, 3.8) is 0 Å². The predicted molar refractivity (Wildman–Crippen MR) is 95.6 cm³/mol. The average molecular weight is 371 g/mol. The molecule has 1 heterocycles. The summed E-state index contributed by atoms with van der Waals surface area (Å²) in [5.74, 6) is -1.54. The zero-order valence-electron chi connectivity index (χ0n) is 15.1. The molecule has 1 aliphatic carbocycles. The average Bonchev–Trinajstić information content (AvgIpc) is 3.49. The lowest BCUT2D eigenvalue weighted by Gasteiger charge is -2.24. The van der Waals surface area contributed by atoms with Crippen molar-refractivity contribution < 1.29 is 23.9 Å². The monoisotopic (exact) mass is 371 g/mol. The van der Waals surface area contributed by atoms with E-state index < -0.39 is 24.4 Å². The van der Waals surface area contributed by atoms with E-state index in [9.17, 15) is 19.2 Å². The molecule has 0 N–H and O–H groups in total. The first kappa shape index (κ1) is 18.6. The van der Waals surface area contributed by atoms with Crippen LogP contribution in [0.3, 0.4) is 0 Å². The van der Waals surface area contributed by atoms with E-state index in [-0.39, 0.29) is 18.5 Å². The molecule has 0 atom stereocenters. The second kappa shape index (κ2) is 7.61. The van der Waals surface area contributed by atoms with Gasteiger partial charge in [0, 0.05) is 19.1 Å². The van der Waals surface area contributed by atoms with Crippen LogP contribution in [0.4, 0.5) is 4.79 Å². The number of amides is 5. The van der Waals surface area contributed by atoms with Crippen LogP contribution in [-0.4, -0.2) is 64.7 Å². The number of imide groups is 2. The minimum Gasteiger partial charge on any atom is -0.497 e. The fraction of sp³-hybridized carbons (Fsp3) is 0.368. The Morgan fingerprint density at radius 1 is 1.19 bits per heavy atom. The molecule has 3 rings (SSSR count). The molecule has 8 heteroatoms. The van der Waals surface area contributed by atoms with Crippen molar-refractivity contribution >= 4 is 23.8 Å². The third kappa shape index (κ3) is 3.84. The number of benzene rings is 1. The highest BCUT2D eigenvalue weighted by atomic mass is 16.5. The molecule has 1 aromatic carbocycles. The number of nitrogens with zero attached hydrogens (tertiary/aromatic N) is 3. The van der Waals surface area contributed by atoms with Crippen LogP contribution < -0.4 is 4.74 Å². The van der Waals surface area contributed by atoms with E-state index in [0.29, 0.717) is 11.4 Å². The molecule has 1 saturated carbocycles. The maximum Gasteiger partial charge on any atom is 0.335 e. The van der Waals surface area contributed by atoms with Gasteiger partial charge in [-0.25, -0.2) is 9.69 Å². The van der Waals surface area contributed by atoms with E-state index in [1.165, 1.54) is 6.08 Å². The van der Waals surface area contributed by atoms with Crippen molar-refractivity contribution in [2.24, 2.45) is 0 Å². The molecule has 1 saturated heterocycles. The van der Waals surface area contributed by atoms with Crippen LogP contribution in [0.1, 0.15) is 18.4 Å². The third-order valence-corrected chi connectivity index (χ3v) is 4.56. The Labute approximate surface area is 157 Å². The molecule has 0 spiro atoms. The van der Waals surface area contributed by atoms with E-state index in [1.807, 2.05) is 24.3 Å². The minimum absolute atomic E-state index is 0.0632. The van der Waals surface area contributed by atoms with Gasteiger partial charge in [-0.1, -0.05) is 18.2 Å². The Morgan fingerprint density at radius 2 is 1.81 bits per heavy atom. The Morgan fingerprint density at radius 3 is 2.37 bits per heavy atom. The molecule has 0 aromatic heterocycles. The SMILES string of the molecule is C=CCN1C(=O)C(=O)N(CC(=O)N(Cc2ccc(OC)cc2)C2CC2)C1=O. The number of hydrogen-bond acceptors (Lipinski definition) is 5. The molecule has 0 radical (unpaired) electrons. The van der Waals surface area contributed by atoms with Crippen molar-refractivity contribution in [1.29, 1.82) is 0 Å². The summed E-state index contributed by atoms with van der Waals surface area (Å²) in [6.07, 6.45) is 3.12. The first-order valence-electron chi connectivity index (χ1n) is 8.67. The molecular formula is C19H21N3O5. The summed E-state index contributed by atoms with van der Waals surface area (Å²) < 4.78 is 5.13. The van der Waals surface area contributed by atoms with Crippen LogP contribution >= 0.6 is 0 Å². The fourth-order valence-corrected chi connectivity index (χ4v) is 2.94. The standard InChI is InChI=1S/C19H21N3O5/c1-3-10-20-17(24)18(25)22(19(20)26)12-16(23)21(14-6-7-14)11-13-4-8-15(27-2)9-5-13/h3-5,8-9,14H,1,6-7,10-12H2,2H3.